The van der Waals surface area contributed by atoms with Gasteiger partial charge in [0.1, 0.15) is 0 Å². The molecule has 0 amide bonds. The quantitative estimate of drug-likeness (QED) is 0.550. The van der Waals surface area contributed by atoms with E-state index in [1.165, 1.54) is 10.6 Å². The van der Waals surface area contributed by atoms with Crippen molar-refractivity contribution in [3.8, 4) is 0 Å². The Morgan fingerprint density at radius 1 is 1.08 bits per heavy atom. The van der Waals surface area contributed by atoms with Crippen LogP contribution in [-0.4, -0.2) is 44.7 Å². The Labute approximate surface area is 167 Å². The zero-order valence-electron chi connectivity index (χ0n) is 14.6. The zero-order chi connectivity index (χ0) is 18.7. The van der Waals surface area contributed by atoms with E-state index >= 15 is 0 Å². The fraction of sp³-hybridized carbons (Fsp3) is 0.333. The second kappa shape index (κ2) is 8.21. The Balaban J connectivity index is 1.74. The van der Waals surface area contributed by atoms with Gasteiger partial charge in [-0.25, -0.2) is 8.42 Å². The maximum Gasteiger partial charge on any atom is 0.243 e. The largest absolute Gasteiger partial charge is 0.399 e. The number of benzene rings is 2. The summed E-state index contributed by atoms with van der Waals surface area (Å²) in [6.45, 7) is 4.42. The molecule has 0 unspecified atom stereocenters. The van der Waals surface area contributed by atoms with Crippen LogP contribution in [0.25, 0.3) is 0 Å². The standard InChI is InChI=1S/C18H22BrN3O2S2/c1-2-25-18-13-14(19)3-8-17(18)21-9-11-22(12-10-21)26(23,24)16-6-4-15(20)5-7-16/h3-8,13H,2,9-12,20H2,1H3. The smallest absolute Gasteiger partial charge is 0.243 e. The van der Waals surface area contributed by atoms with Gasteiger partial charge in [-0.05, 0) is 48.2 Å². The molecule has 2 N–H and O–H groups in total. The number of hydrogen-bond acceptors (Lipinski definition) is 5. The lowest BCUT2D eigenvalue weighted by Crippen LogP contribution is -2.48. The summed E-state index contributed by atoms with van der Waals surface area (Å²) in [5.74, 6) is 0.995. The lowest BCUT2D eigenvalue weighted by atomic mass is 10.2. The summed E-state index contributed by atoms with van der Waals surface area (Å²) in [4.78, 5) is 3.78. The van der Waals surface area contributed by atoms with E-state index < -0.39 is 10.0 Å². The molecule has 1 saturated heterocycles. The number of thioether (sulfide) groups is 1. The molecular formula is C18H22BrN3O2S2. The molecule has 0 aliphatic carbocycles. The Morgan fingerprint density at radius 2 is 1.73 bits per heavy atom. The minimum absolute atomic E-state index is 0.297. The first kappa shape index (κ1) is 19.5. The summed E-state index contributed by atoms with van der Waals surface area (Å²) >= 11 is 5.33. The van der Waals surface area contributed by atoms with Crippen molar-refractivity contribution in [2.45, 2.75) is 16.7 Å². The molecule has 1 fully saturated rings. The van der Waals surface area contributed by atoms with Crippen LogP contribution in [0.5, 0.6) is 0 Å². The molecule has 0 aromatic heterocycles. The summed E-state index contributed by atoms with van der Waals surface area (Å²) in [6, 6.07) is 12.7. The molecular weight excluding hydrogens is 434 g/mol. The number of nitrogen functional groups attached to an aromatic ring is 1. The minimum Gasteiger partial charge on any atom is -0.399 e. The van der Waals surface area contributed by atoms with Crippen molar-refractivity contribution in [1.29, 1.82) is 0 Å². The second-order valence-electron chi connectivity index (χ2n) is 6.01. The Hall–Kier alpha value is -1.22. The molecule has 0 saturated carbocycles. The van der Waals surface area contributed by atoms with Crippen molar-refractivity contribution in [2.24, 2.45) is 0 Å². The molecule has 0 radical (unpaired) electrons. The van der Waals surface area contributed by atoms with Gasteiger partial charge in [0.05, 0.1) is 10.6 Å². The van der Waals surface area contributed by atoms with E-state index in [1.54, 1.807) is 40.3 Å². The first-order chi connectivity index (χ1) is 12.4. The molecule has 8 heteroatoms. The van der Waals surface area contributed by atoms with Crippen LogP contribution >= 0.6 is 27.7 Å². The van der Waals surface area contributed by atoms with Gasteiger partial charge in [0.2, 0.25) is 10.0 Å². The Bertz CT molecular complexity index is 865. The van der Waals surface area contributed by atoms with E-state index in [0.717, 1.165) is 10.2 Å². The van der Waals surface area contributed by atoms with Crippen LogP contribution in [0.2, 0.25) is 0 Å². The maximum absolute atomic E-state index is 12.8. The topological polar surface area (TPSA) is 66.6 Å². The number of sulfonamides is 1. The zero-order valence-corrected chi connectivity index (χ0v) is 17.8. The van der Waals surface area contributed by atoms with Crippen molar-refractivity contribution < 1.29 is 8.42 Å². The summed E-state index contributed by atoms with van der Waals surface area (Å²) in [5.41, 5.74) is 7.39. The number of anilines is 2. The molecule has 1 aliphatic rings. The van der Waals surface area contributed by atoms with Crippen LogP contribution < -0.4 is 10.6 Å². The molecule has 2 aromatic carbocycles. The highest BCUT2D eigenvalue weighted by Gasteiger charge is 2.29. The van der Waals surface area contributed by atoms with Crippen LogP contribution in [0.15, 0.2) is 56.7 Å². The molecule has 1 heterocycles. The number of halogens is 1. The Morgan fingerprint density at radius 3 is 2.35 bits per heavy atom. The van der Waals surface area contributed by atoms with Crippen molar-refractivity contribution in [3.05, 3.63) is 46.9 Å². The number of piperazine rings is 1. The molecule has 0 bridgehead atoms. The highest BCUT2D eigenvalue weighted by atomic mass is 79.9. The van der Waals surface area contributed by atoms with Crippen molar-refractivity contribution in [2.75, 3.05) is 42.6 Å². The van der Waals surface area contributed by atoms with Crippen LogP contribution in [0, 0.1) is 0 Å². The molecule has 0 atom stereocenters. The van der Waals surface area contributed by atoms with E-state index in [2.05, 4.69) is 39.9 Å². The van der Waals surface area contributed by atoms with Crippen LogP contribution in [0.4, 0.5) is 11.4 Å². The van der Waals surface area contributed by atoms with E-state index in [0.29, 0.717) is 36.8 Å². The second-order valence-corrected chi connectivity index (χ2v) is 10.2. The first-order valence-corrected chi connectivity index (χ1v) is 11.7. The molecule has 3 rings (SSSR count). The van der Waals surface area contributed by atoms with Gasteiger partial charge in [-0.2, -0.15) is 4.31 Å². The Kier molecular flexibility index (Phi) is 6.17. The number of hydrogen-bond donors (Lipinski definition) is 1. The molecule has 0 spiro atoms. The molecule has 5 nitrogen and oxygen atoms in total. The summed E-state index contributed by atoms with van der Waals surface area (Å²) in [5, 5.41) is 0. The highest BCUT2D eigenvalue weighted by molar-refractivity contribution is 9.10. The van der Waals surface area contributed by atoms with E-state index in [1.807, 2.05) is 6.07 Å². The van der Waals surface area contributed by atoms with Crippen molar-refractivity contribution in [3.63, 3.8) is 0 Å². The number of nitrogens with two attached hydrogens (primary N) is 1. The highest BCUT2D eigenvalue weighted by Crippen LogP contribution is 2.33. The predicted octanol–water partition coefficient (Wildman–Crippen LogP) is 3.65. The van der Waals surface area contributed by atoms with Gasteiger partial charge in [0, 0.05) is 41.2 Å². The fourth-order valence-electron chi connectivity index (χ4n) is 2.98. The number of nitrogens with zero attached hydrogens (tertiary/aromatic N) is 2. The lowest BCUT2D eigenvalue weighted by Gasteiger charge is -2.36. The normalized spacial score (nSPS) is 16.0. The van der Waals surface area contributed by atoms with Gasteiger partial charge in [-0.3, -0.25) is 0 Å². The van der Waals surface area contributed by atoms with Crippen LogP contribution in [0.1, 0.15) is 6.92 Å². The molecule has 1 aliphatic heterocycles. The molecule has 26 heavy (non-hydrogen) atoms. The summed E-state index contributed by atoms with van der Waals surface area (Å²) in [7, 11) is -3.47. The van der Waals surface area contributed by atoms with E-state index in [9.17, 15) is 8.42 Å². The van der Waals surface area contributed by atoms with Gasteiger partial charge in [-0.15, -0.1) is 11.8 Å². The van der Waals surface area contributed by atoms with Crippen molar-refractivity contribution >= 4 is 49.1 Å². The first-order valence-electron chi connectivity index (χ1n) is 8.45. The average Bonchev–Trinajstić information content (AvgIpc) is 2.63. The molecule has 140 valence electrons. The fourth-order valence-corrected chi connectivity index (χ4v) is 5.78. The third-order valence-electron chi connectivity index (χ3n) is 4.32. The minimum atomic E-state index is -3.47. The van der Waals surface area contributed by atoms with Gasteiger partial charge in [0.25, 0.3) is 0 Å². The van der Waals surface area contributed by atoms with Gasteiger partial charge < -0.3 is 10.6 Å². The van der Waals surface area contributed by atoms with E-state index in [4.69, 9.17) is 5.73 Å². The van der Waals surface area contributed by atoms with Gasteiger partial charge in [0.15, 0.2) is 0 Å². The van der Waals surface area contributed by atoms with Crippen molar-refractivity contribution in [1.82, 2.24) is 4.31 Å². The SMILES string of the molecule is CCSc1cc(Br)ccc1N1CCN(S(=O)(=O)c2ccc(N)cc2)CC1. The third kappa shape index (κ3) is 4.19. The lowest BCUT2D eigenvalue weighted by molar-refractivity contribution is 0.384. The monoisotopic (exact) mass is 455 g/mol. The third-order valence-corrected chi connectivity index (χ3v) is 7.65. The van der Waals surface area contributed by atoms with Crippen LogP contribution in [0.3, 0.4) is 0 Å². The number of rotatable bonds is 5. The van der Waals surface area contributed by atoms with Gasteiger partial charge >= 0.3 is 0 Å². The van der Waals surface area contributed by atoms with Crippen LogP contribution in [-0.2, 0) is 10.0 Å². The summed E-state index contributed by atoms with van der Waals surface area (Å²) < 4.78 is 28.2. The van der Waals surface area contributed by atoms with Gasteiger partial charge in [-0.1, -0.05) is 22.9 Å². The predicted molar refractivity (Wildman–Crippen MR) is 112 cm³/mol. The summed E-state index contributed by atoms with van der Waals surface area (Å²) in [6.07, 6.45) is 0. The maximum atomic E-state index is 12.8. The van der Waals surface area contributed by atoms with E-state index in [-0.39, 0.29) is 0 Å². The average molecular weight is 456 g/mol. The molecule has 2 aromatic rings.